The first kappa shape index (κ1) is 21.2. The van der Waals surface area contributed by atoms with Crippen LogP contribution in [0.2, 0.25) is 0 Å². The Balaban J connectivity index is 2.31. The second-order valence-electron chi connectivity index (χ2n) is 6.42. The summed E-state index contributed by atoms with van der Waals surface area (Å²) in [4.78, 5) is 35.5. The minimum Gasteiger partial charge on any atom is -0.348 e. The van der Waals surface area contributed by atoms with Gasteiger partial charge in [-0.3, -0.25) is 14.4 Å². The van der Waals surface area contributed by atoms with E-state index in [1.165, 1.54) is 0 Å². The van der Waals surface area contributed by atoms with Gasteiger partial charge in [0.1, 0.15) is 0 Å². The Morgan fingerprint density at radius 2 is 1.76 bits per heavy atom. The fourth-order valence-electron chi connectivity index (χ4n) is 2.10. The summed E-state index contributed by atoms with van der Waals surface area (Å²) in [5, 5.41) is 5.22. The van der Waals surface area contributed by atoms with E-state index < -0.39 is 0 Å². The van der Waals surface area contributed by atoms with Crippen molar-refractivity contribution in [2.24, 2.45) is 11.8 Å². The minimum atomic E-state index is -0.223. The summed E-state index contributed by atoms with van der Waals surface area (Å²) in [7, 11) is 0. The molecular weight excluding hydrogens is 336 g/mol. The van der Waals surface area contributed by atoms with Gasteiger partial charge in [-0.25, -0.2) is 0 Å². The third-order valence-electron chi connectivity index (χ3n) is 4.11. The maximum absolute atomic E-state index is 12.0. The number of anilines is 1. The highest BCUT2D eigenvalue weighted by Crippen LogP contribution is 2.16. The molecule has 0 aromatic heterocycles. The van der Waals surface area contributed by atoms with Crippen molar-refractivity contribution in [1.82, 2.24) is 5.32 Å². The smallest absolute Gasteiger partial charge is 0.234 e. The van der Waals surface area contributed by atoms with Gasteiger partial charge in [-0.1, -0.05) is 57.7 Å². The number of carbonyl (C=O) groups excluding carboxylic acids is 3. The van der Waals surface area contributed by atoms with E-state index in [2.05, 4.69) is 24.5 Å². The molecule has 0 saturated carbocycles. The van der Waals surface area contributed by atoms with Crippen LogP contribution in [0, 0.1) is 11.8 Å². The summed E-state index contributed by atoms with van der Waals surface area (Å²) in [5.41, 5.74) is 1.83. The van der Waals surface area contributed by atoms with Gasteiger partial charge in [-0.05, 0) is 29.9 Å². The molecule has 138 valence electrons. The van der Waals surface area contributed by atoms with E-state index in [1.807, 2.05) is 38.1 Å². The average Bonchev–Trinajstić information content (AvgIpc) is 2.58. The zero-order valence-electron chi connectivity index (χ0n) is 15.4. The molecule has 0 spiro atoms. The zero-order chi connectivity index (χ0) is 18.8. The van der Waals surface area contributed by atoms with Crippen molar-refractivity contribution >= 4 is 34.4 Å². The lowest BCUT2D eigenvalue weighted by Gasteiger charge is -2.14. The SMILES string of the molecule is CCc1ccccc1NC(=O)CSC(=O)CNC(=O)C[C@@H](C)C(C)C. The van der Waals surface area contributed by atoms with Gasteiger partial charge >= 0.3 is 0 Å². The van der Waals surface area contributed by atoms with Gasteiger partial charge in [0.25, 0.3) is 0 Å². The molecule has 0 saturated heterocycles. The van der Waals surface area contributed by atoms with Crippen molar-refractivity contribution in [3.8, 4) is 0 Å². The second kappa shape index (κ2) is 10.9. The molecule has 0 aliphatic heterocycles. The summed E-state index contributed by atoms with van der Waals surface area (Å²) in [6.45, 7) is 8.11. The molecule has 1 atom stereocenters. The van der Waals surface area contributed by atoms with Crippen LogP contribution in [0.25, 0.3) is 0 Å². The third-order valence-corrected chi connectivity index (χ3v) is 4.98. The Hall–Kier alpha value is -1.82. The van der Waals surface area contributed by atoms with Crippen molar-refractivity contribution in [3.05, 3.63) is 29.8 Å². The van der Waals surface area contributed by atoms with Crippen LogP contribution in [-0.4, -0.2) is 29.2 Å². The Kier molecular flexibility index (Phi) is 9.27. The van der Waals surface area contributed by atoms with Gasteiger partial charge in [0, 0.05) is 12.1 Å². The van der Waals surface area contributed by atoms with Gasteiger partial charge in [-0.15, -0.1) is 0 Å². The summed E-state index contributed by atoms with van der Waals surface area (Å²) < 4.78 is 0. The Labute approximate surface area is 154 Å². The molecule has 1 rings (SSSR count). The number of para-hydroxylation sites is 1. The molecule has 0 heterocycles. The third kappa shape index (κ3) is 8.20. The molecule has 1 aromatic rings. The molecule has 0 unspecified atom stereocenters. The molecule has 2 N–H and O–H groups in total. The Morgan fingerprint density at radius 3 is 2.40 bits per heavy atom. The van der Waals surface area contributed by atoms with E-state index in [-0.39, 0.29) is 35.1 Å². The number of hydrogen-bond donors (Lipinski definition) is 2. The van der Waals surface area contributed by atoms with Crippen molar-refractivity contribution in [2.75, 3.05) is 17.6 Å². The monoisotopic (exact) mass is 364 g/mol. The molecular formula is C19H28N2O3S. The van der Waals surface area contributed by atoms with E-state index >= 15 is 0 Å². The predicted octanol–water partition coefficient (Wildman–Crippen LogP) is 3.25. The van der Waals surface area contributed by atoms with Gasteiger partial charge in [-0.2, -0.15) is 0 Å². The molecule has 0 fully saturated rings. The lowest BCUT2D eigenvalue weighted by molar-refractivity contribution is -0.123. The number of nitrogens with one attached hydrogen (secondary N) is 2. The first-order chi connectivity index (χ1) is 11.8. The van der Waals surface area contributed by atoms with Crippen LogP contribution in [0.3, 0.4) is 0 Å². The van der Waals surface area contributed by atoms with Gasteiger partial charge in [0.05, 0.1) is 12.3 Å². The number of aryl methyl sites for hydroxylation is 1. The maximum Gasteiger partial charge on any atom is 0.234 e. The highest BCUT2D eigenvalue weighted by molar-refractivity contribution is 8.14. The first-order valence-corrected chi connectivity index (χ1v) is 9.62. The fourth-order valence-corrected chi connectivity index (χ4v) is 2.64. The number of rotatable bonds is 9. The number of amides is 2. The lowest BCUT2D eigenvalue weighted by Crippen LogP contribution is -2.30. The van der Waals surface area contributed by atoms with Crippen LogP contribution >= 0.6 is 11.8 Å². The average molecular weight is 365 g/mol. The normalized spacial score (nSPS) is 11.9. The molecule has 6 heteroatoms. The standard InChI is InChI=1S/C19H28N2O3S/c1-5-15-8-6-7-9-16(15)21-18(23)12-25-19(24)11-20-17(22)10-14(4)13(2)3/h6-9,13-14H,5,10-12H2,1-4H3,(H,20,22)(H,21,23)/t14-/m1/s1. The first-order valence-electron chi connectivity index (χ1n) is 8.63. The summed E-state index contributed by atoms with van der Waals surface area (Å²) in [5.74, 6) is 0.378. The molecule has 0 aliphatic rings. The van der Waals surface area contributed by atoms with Crippen molar-refractivity contribution in [2.45, 2.75) is 40.5 Å². The van der Waals surface area contributed by atoms with Crippen molar-refractivity contribution in [1.29, 1.82) is 0 Å². The van der Waals surface area contributed by atoms with Crippen LogP contribution in [0.4, 0.5) is 5.69 Å². The highest BCUT2D eigenvalue weighted by atomic mass is 32.2. The van der Waals surface area contributed by atoms with Crippen LogP contribution in [0.5, 0.6) is 0 Å². The van der Waals surface area contributed by atoms with Crippen LogP contribution in [0.1, 0.15) is 39.7 Å². The quantitative estimate of drug-likeness (QED) is 0.705. The zero-order valence-corrected chi connectivity index (χ0v) is 16.2. The lowest BCUT2D eigenvalue weighted by atomic mass is 9.94. The topological polar surface area (TPSA) is 75.3 Å². The van der Waals surface area contributed by atoms with Gasteiger partial charge in [0.15, 0.2) is 0 Å². The molecule has 5 nitrogen and oxygen atoms in total. The number of carbonyl (C=O) groups is 3. The van der Waals surface area contributed by atoms with Gasteiger partial charge < -0.3 is 10.6 Å². The van der Waals surface area contributed by atoms with Crippen molar-refractivity contribution < 1.29 is 14.4 Å². The summed E-state index contributed by atoms with van der Waals surface area (Å²) >= 11 is 0.919. The molecule has 0 aliphatic carbocycles. The summed E-state index contributed by atoms with van der Waals surface area (Å²) in [6.07, 6.45) is 1.23. The maximum atomic E-state index is 12.0. The number of benzene rings is 1. The van der Waals surface area contributed by atoms with Crippen LogP contribution in [-0.2, 0) is 20.8 Å². The Morgan fingerprint density at radius 1 is 1.08 bits per heavy atom. The highest BCUT2D eigenvalue weighted by Gasteiger charge is 2.14. The van der Waals surface area contributed by atoms with Gasteiger partial charge in [0.2, 0.25) is 16.9 Å². The molecule has 25 heavy (non-hydrogen) atoms. The van der Waals surface area contributed by atoms with Crippen LogP contribution < -0.4 is 10.6 Å². The second-order valence-corrected chi connectivity index (χ2v) is 7.45. The molecule has 0 bridgehead atoms. The molecule has 0 radical (unpaired) electrons. The van der Waals surface area contributed by atoms with E-state index in [4.69, 9.17) is 0 Å². The predicted molar refractivity (Wildman–Crippen MR) is 104 cm³/mol. The van der Waals surface area contributed by atoms with E-state index in [1.54, 1.807) is 0 Å². The van der Waals surface area contributed by atoms with E-state index in [0.29, 0.717) is 12.3 Å². The summed E-state index contributed by atoms with van der Waals surface area (Å²) in [6, 6.07) is 7.59. The number of thioether (sulfide) groups is 1. The number of hydrogen-bond acceptors (Lipinski definition) is 4. The molecule has 1 aromatic carbocycles. The Bertz CT molecular complexity index is 602. The molecule has 2 amide bonds. The minimum absolute atomic E-state index is 0.0369. The van der Waals surface area contributed by atoms with Crippen molar-refractivity contribution in [3.63, 3.8) is 0 Å². The van der Waals surface area contributed by atoms with E-state index in [9.17, 15) is 14.4 Å². The van der Waals surface area contributed by atoms with Crippen LogP contribution in [0.15, 0.2) is 24.3 Å². The fraction of sp³-hybridized carbons (Fsp3) is 0.526. The van der Waals surface area contributed by atoms with E-state index in [0.717, 1.165) is 29.4 Å². The largest absolute Gasteiger partial charge is 0.348 e.